The predicted molar refractivity (Wildman–Crippen MR) is 95.0 cm³/mol. The maximum atomic E-state index is 11.1. The van der Waals surface area contributed by atoms with Crippen LogP contribution >= 0.6 is 0 Å². The average molecular weight is 459 g/mol. The molecule has 0 saturated heterocycles. The molecule has 0 atom stereocenters. The van der Waals surface area contributed by atoms with Crippen LogP contribution in [0.5, 0.6) is 0 Å². The zero-order valence-electron chi connectivity index (χ0n) is 15.6. The molecule has 8 heteroatoms. The molecule has 0 spiro atoms. The van der Waals surface area contributed by atoms with Gasteiger partial charge in [-0.1, -0.05) is 0 Å². The van der Waals surface area contributed by atoms with Gasteiger partial charge in [-0.2, -0.15) is 0 Å². The van der Waals surface area contributed by atoms with E-state index in [-0.39, 0.29) is 19.8 Å². The summed E-state index contributed by atoms with van der Waals surface area (Å²) in [4.78, 5) is 33.4. The fourth-order valence-electron chi connectivity index (χ4n) is 2.41. The van der Waals surface area contributed by atoms with Crippen molar-refractivity contribution in [3.63, 3.8) is 0 Å². The average Bonchev–Trinajstić information content (AvgIpc) is 2.70. The van der Waals surface area contributed by atoms with Gasteiger partial charge in [-0.25, -0.2) is 0 Å². The molecule has 27 heavy (non-hydrogen) atoms. The van der Waals surface area contributed by atoms with Crippen molar-refractivity contribution in [3.05, 3.63) is 38.0 Å². The molecule has 0 rings (SSSR count). The molecule has 149 valence electrons. The third kappa shape index (κ3) is 12.5. The van der Waals surface area contributed by atoms with Gasteiger partial charge in [0.1, 0.15) is 0 Å². The van der Waals surface area contributed by atoms with Crippen LogP contribution in [0.3, 0.4) is 0 Å². The number of ether oxygens (including phenoxy) is 3. The summed E-state index contributed by atoms with van der Waals surface area (Å²) in [6.45, 7) is 10.9. The van der Waals surface area contributed by atoms with Crippen LogP contribution in [0, 0.1) is 0 Å². The van der Waals surface area contributed by atoms with Crippen molar-refractivity contribution in [1.82, 2.24) is 0 Å². The second kappa shape index (κ2) is 15.5. The zero-order chi connectivity index (χ0) is 20.5. The van der Waals surface area contributed by atoms with E-state index in [1.54, 1.807) is 0 Å². The van der Waals surface area contributed by atoms with Crippen LogP contribution in [-0.4, -0.2) is 43.3 Å². The normalized spacial score (nSPS) is 10.5. The Kier molecular flexibility index (Phi) is 14.6. The summed E-state index contributed by atoms with van der Waals surface area (Å²) < 4.78 is 20.9. The first-order chi connectivity index (χ1) is 12.9. The van der Waals surface area contributed by atoms with Gasteiger partial charge >= 0.3 is 176 Å². The van der Waals surface area contributed by atoms with Gasteiger partial charge in [0.2, 0.25) is 0 Å². The molecular weight excluding hydrogens is 431 g/mol. The first-order valence-corrected chi connectivity index (χ1v) is 9.65. The van der Waals surface area contributed by atoms with Crippen molar-refractivity contribution in [3.8, 4) is 0 Å². The second-order valence-corrected chi connectivity index (χ2v) is 6.21. The quantitative estimate of drug-likeness (QED) is 0.152. The number of rotatable bonds is 16. The molecule has 0 aromatic carbocycles. The van der Waals surface area contributed by atoms with E-state index in [0.29, 0.717) is 38.5 Å². The van der Waals surface area contributed by atoms with E-state index in [9.17, 15) is 14.4 Å². The molecule has 0 saturated carbocycles. The summed E-state index contributed by atoms with van der Waals surface area (Å²) in [5, 5.41) is 0. The van der Waals surface area contributed by atoms with E-state index >= 15 is 0 Å². The standard InChI is InChI=1S/C19H27O7.Zr/c1-4-16(20)24-13-7-10-19(23,11-8-14-25-17(21)5-2)12-9-15-26-18(22)6-3;/h4-6H,1-3,7-15H2;/q-1;+1. The van der Waals surface area contributed by atoms with Gasteiger partial charge in [-0.3, -0.25) is 0 Å². The Hall–Kier alpha value is -1.53. The summed E-state index contributed by atoms with van der Waals surface area (Å²) in [6, 6.07) is 0. The second-order valence-electron chi connectivity index (χ2n) is 5.71. The molecular formula is C19H27O7Zr. The van der Waals surface area contributed by atoms with Crippen molar-refractivity contribution in [1.29, 1.82) is 0 Å². The van der Waals surface area contributed by atoms with Gasteiger partial charge in [0, 0.05) is 0 Å². The summed E-state index contributed by atoms with van der Waals surface area (Å²) in [7, 11) is 0. The van der Waals surface area contributed by atoms with Crippen molar-refractivity contribution in [2.75, 3.05) is 19.8 Å². The van der Waals surface area contributed by atoms with Gasteiger partial charge in [0.25, 0.3) is 0 Å². The number of carbonyl (C=O) groups is 3. The van der Waals surface area contributed by atoms with E-state index in [1.165, 1.54) is 0 Å². The van der Waals surface area contributed by atoms with Crippen LogP contribution in [0.4, 0.5) is 0 Å². The Bertz CT molecular complexity index is 447. The third-order valence-electron chi connectivity index (χ3n) is 3.78. The molecule has 0 N–H and O–H groups in total. The van der Waals surface area contributed by atoms with Crippen LogP contribution in [0.2, 0.25) is 0 Å². The molecule has 0 amide bonds. The summed E-state index contributed by atoms with van der Waals surface area (Å²) in [6.07, 6.45) is 7.20. The van der Waals surface area contributed by atoms with Gasteiger partial charge in [0.15, 0.2) is 0 Å². The molecule has 0 aliphatic heterocycles. The predicted octanol–water partition coefficient (Wildman–Crippen LogP) is 2.73. The molecule has 0 fully saturated rings. The minimum absolute atomic E-state index is 0.267. The van der Waals surface area contributed by atoms with E-state index in [1.807, 2.05) is 0 Å². The molecule has 0 aromatic heterocycles. The summed E-state index contributed by atoms with van der Waals surface area (Å²) in [5.74, 6) is -1.38. The molecule has 0 radical (unpaired) electrons. The first-order valence-electron chi connectivity index (χ1n) is 8.65. The minimum atomic E-state index is -0.461. The summed E-state index contributed by atoms with van der Waals surface area (Å²) in [5.41, 5.74) is -0.458. The molecule has 0 aromatic rings. The maximum absolute atomic E-state index is 11.1. The number of hydrogen-bond acceptors (Lipinski definition) is 7. The first kappa shape index (κ1) is 25.5. The molecule has 0 aliphatic carbocycles. The van der Waals surface area contributed by atoms with Gasteiger partial charge in [-0.05, 0) is 0 Å². The van der Waals surface area contributed by atoms with E-state index < -0.39 is 23.5 Å². The van der Waals surface area contributed by atoms with Crippen LogP contribution < -0.4 is 0 Å². The number of esters is 3. The molecule has 0 aliphatic rings. The number of carbonyl (C=O) groups excluding carboxylic acids is 3. The summed E-state index contributed by atoms with van der Waals surface area (Å²) >= 11 is 0.905. The van der Waals surface area contributed by atoms with E-state index in [4.69, 9.17) is 17.0 Å². The Labute approximate surface area is 176 Å². The molecule has 0 unspecified atom stereocenters. The zero-order valence-corrected chi connectivity index (χ0v) is 18.0. The fourth-order valence-corrected chi connectivity index (χ4v) is 3.16. The molecule has 0 bridgehead atoms. The van der Waals surface area contributed by atoms with Crippen LogP contribution in [0.25, 0.3) is 0 Å². The van der Waals surface area contributed by atoms with Gasteiger partial charge in [0.05, 0.1) is 0 Å². The SMILES string of the molecule is C=CC(=O)OCCCC(CCCOC(=O)C=C)(CCCOC(=O)C=C)[O][Zr]. The Morgan fingerprint density at radius 1 is 0.704 bits per heavy atom. The van der Waals surface area contributed by atoms with Crippen LogP contribution in [0.15, 0.2) is 38.0 Å². The molecule has 7 nitrogen and oxygen atoms in total. The fraction of sp³-hybridized carbons (Fsp3) is 0.526. The van der Waals surface area contributed by atoms with Crippen molar-refractivity contribution >= 4 is 17.9 Å². The number of hydrogen-bond donors (Lipinski definition) is 0. The van der Waals surface area contributed by atoms with Crippen LogP contribution in [-0.2, 0) is 56.6 Å². The van der Waals surface area contributed by atoms with Crippen molar-refractivity contribution in [2.45, 2.75) is 44.1 Å². The van der Waals surface area contributed by atoms with Crippen molar-refractivity contribution in [2.24, 2.45) is 0 Å². The monoisotopic (exact) mass is 457 g/mol. The van der Waals surface area contributed by atoms with Gasteiger partial charge < -0.3 is 0 Å². The van der Waals surface area contributed by atoms with E-state index in [0.717, 1.165) is 43.4 Å². The van der Waals surface area contributed by atoms with Crippen LogP contribution in [0.1, 0.15) is 38.5 Å². The van der Waals surface area contributed by atoms with Gasteiger partial charge in [-0.15, -0.1) is 0 Å². The van der Waals surface area contributed by atoms with Crippen molar-refractivity contribution < 1.29 is 56.6 Å². The third-order valence-corrected chi connectivity index (χ3v) is 4.84. The molecule has 0 heterocycles. The Balaban J connectivity index is 4.59. The van der Waals surface area contributed by atoms with E-state index in [2.05, 4.69) is 19.7 Å². The Morgan fingerprint density at radius 2 is 1.00 bits per heavy atom. The Morgan fingerprint density at radius 3 is 1.22 bits per heavy atom. The topological polar surface area (TPSA) is 88.1 Å².